The third-order valence-electron chi connectivity index (χ3n) is 1.83. The highest BCUT2D eigenvalue weighted by atomic mass is 35.5. The Labute approximate surface area is 85.4 Å². The van der Waals surface area contributed by atoms with E-state index in [9.17, 15) is 4.79 Å². The maximum atomic E-state index is 11.4. The highest BCUT2D eigenvalue weighted by Crippen LogP contribution is 2.25. The Kier molecular flexibility index (Phi) is 2.28. The Morgan fingerprint density at radius 1 is 1.38 bits per heavy atom. The van der Waals surface area contributed by atoms with Crippen LogP contribution in [0.2, 0.25) is 10.0 Å². The minimum atomic E-state index is -0.266. The highest BCUT2D eigenvalue weighted by molar-refractivity contribution is 6.42. The third kappa shape index (κ3) is 1.85. The van der Waals surface area contributed by atoms with Crippen molar-refractivity contribution < 1.29 is 9.53 Å². The fraction of sp³-hybridized carbons (Fsp3) is 0.222. The molecule has 68 valence electrons. The van der Waals surface area contributed by atoms with E-state index in [0.29, 0.717) is 22.2 Å². The fourth-order valence-corrected chi connectivity index (χ4v) is 1.33. The van der Waals surface area contributed by atoms with Gasteiger partial charge in [0.05, 0.1) is 16.7 Å². The molecule has 1 heterocycles. The average Bonchev–Trinajstić information content (AvgIpc) is 2.91. The van der Waals surface area contributed by atoms with Crippen molar-refractivity contribution in [2.75, 3.05) is 6.61 Å². The lowest BCUT2D eigenvalue weighted by Gasteiger charge is -1.99. The second-order valence-corrected chi connectivity index (χ2v) is 3.63. The van der Waals surface area contributed by atoms with Gasteiger partial charge >= 0.3 is 0 Å². The lowest BCUT2D eigenvalue weighted by Crippen LogP contribution is -2.06. The number of hydrogen-bond acceptors (Lipinski definition) is 2. The molecule has 1 aromatic carbocycles. The van der Waals surface area contributed by atoms with E-state index in [-0.39, 0.29) is 11.9 Å². The molecule has 2 nitrogen and oxygen atoms in total. The maximum Gasteiger partial charge on any atom is 0.193 e. The Morgan fingerprint density at radius 2 is 2.08 bits per heavy atom. The number of carbonyl (C=O) groups excluding carboxylic acids is 1. The summed E-state index contributed by atoms with van der Waals surface area (Å²) in [6.45, 7) is 0.513. The van der Waals surface area contributed by atoms with Gasteiger partial charge in [-0.05, 0) is 18.2 Å². The summed E-state index contributed by atoms with van der Waals surface area (Å²) in [5.74, 6) is -0.0291. The highest BCUT2D eigenvalue weighted by Gasteiger charge is 2.32. The predicted octanol–water partition coefficient (Wildman–Crippen LogP) is 2.57. The molecule has 0 spiro atoms. The quantitative estimate of drug-likeness (QED) is 0.562. The summed E-state index contributed by atoms with van der Waals surface area (Å²) in [6.07, 6.45) is -0.266. The van der Waals surface area contributed by atoms with Crippen LogP contribution < -0.4 is 0 Å². The van der Waals surface area contributed by atoms with Gasteiger partial charge in [0.15, 0.2) is 5.78 Å². The molecule has 1 aliphatic rings. The van der Waals surface area contributed by atoms with Crippen molar-refractivity contribution in [3.05, 3.63) is 33.8 Å². The standard InChI is InChI=1S/C9H6Cl2O2/c10-6-2-1-5(3-7(6)11)9(12)8-4-13-8/h1-3,8H,4H2. The van der Waals surface area contributed by atoms with Crippen molar-refractivity contribution in [1.29, 1.82) is 0 Å². The lowest BCUT2D eigenvalue weighted by atomic mass is 10.1. The van der Waals surface area contributed by atoms with Crippen LogP contribution in [0.4, 0.5) is 0 Å². The number of epoxide rings is 1. The third-order valence-corrected chi connectivity index (χ3v) is 2.57. The fourth-order valence-electron chi connectivity index (χ4n) is 1.03. The zero-order chi connectivity index (χ0) is 9.42. The molecule has 2 rings (SSSR count). The number of Topliss-reactive ketones (excluding diaryl/α,β-unsaturated/α-hetero) is 1. The van der Waals surface area contributed by atoms with Crippen molar-refractivity contribution in [3.8, 4) is 0 Å². The summed E-state index contributed by atoms with van der Waals surface area (Å²) in [6, 6.07) is 4.83. The molecule has 1 aliphatic heterocycles. The number of benzene rings is 1. The lowest BCUT2D eigenvalue weighted by molar-refractivity contribution is 0.0953. The summed E-state index contributed by atoms with van der Waals surface area (Å²) in [5, 5.41) is 0.850. The molecule has 0 aromatic heterocycles. The van der Waals surface area contributed by atoms with Crippen LogP contribution in [0.3, 0.4) is 0 Å². The molecular formula is C9H6Cl2O2. The molecule has 0 saturated carbocycles. The molecule has 0 amide bonds. The Balaban J connectivity index is 2.30. The first-order valence-electron chi connectivity index (χ1n) is 3.79. The van der Waals surface area contributed by atoms with Gasteiger partial charge in [0, 0.05) is 5.56 Å². The largest absolute Gasteiger partial charge is 0.364 e. The van der Waals surface area contributed by atoms with Crippen molar-refractivity contribution in [1.82, 2.24) is 0 Å². The van der Waals surface area contributed by atoms with E-state index in [1.54, 1.807) is 18.2 Å². The van der Waals surface area contributed by atoms with E-state index in [0.717, 1.165) is 0 Å². The van der Waals surface area contributed by atoms with Gasteiger partial charge in [0.25, 0.3) is 0 Å². The first-order valence-corrected chi connectivity index (χ1v) is 4.55. The van der Waals surface area contributed by atoms with Crippen molar-refractivity contribution in [2.45, 2.75) is 6.10 Å². The van der Waals surface area contributed by atoms with Gasteiger partial charge in [-0.1, -0.05) is 23.2 Å². The first kappa shape index (κ1) is 9.00. The number of ether oxygens (including phenoxy) is 1. The molecule has 0 bridgehead atoms. The molecular weight excluding hydrogens is 211 g/mol. The summed E-state index contributed by atoms with van der Waals surface area (Å²) in [4.78, 5) is 11.4. The zero-order valence-corrected chi connectivity index (χ0v) is 8.10. The van der Waals surface area contributed by atoms with E-state index < -0.39 is 0 Å². The number of hydrogen-bond donors (Lipinski definition) is 0. The second kappa shape index (κ2) is 3.29. The molecule has 1 saturated heterocycles. The number of ketones is 1. The Hall–Kier alpha value is -0.570. The smallest absolute Gasteiger partial charge is 0.193 e. The Bertz CT molecular complexity index is 359. The van der Waals surface area contributed by atoms with E-state index in [1.165, 1.54) is 0 Å². The molecule has 1 aromatic rings. The number of halogens is 2. The SMILES string of the molecule is O=C(c1ccc(Cl)c(Cl)c1)C1CO1. The van der Waals surface area contributed by atoms with Crippen LogP contribution in [-0.4, -0.2) is 18.5 Å². The minimum absolute atomic E-state index is 0.0291. The summed E-state index contributed by atoms with van der Waals surface area (Å²) in [5.41, 5.74) is 0.553. The van der Waals surface area contributed by atoms with Crippen LogP contribution in [0.15, 0.2) is 18.2 Å². The van der Waals surface area contributed by atoms with Gasteiger partial charge in [-0.25, -0.2) is 0 Å². The molecule has 0 aliphatic carbocycles. The molecule has 4 heteroatoms. The molecule has 1 atom stereocenters. The minimum Gasteiger partial charge on any atom is -0.364 e. The second-order valence-electron chi connectivity index (χ2n) is 2.82. The summed E-state index contributed by atoms with van der Waals surface area (Å²) in [7, 11) is 0. The van der Waals surface area contributed by atoms with Gasteiger partial charge in [0.2, 0.25) is 0 Å². The van der Waals surface area contributed by atoms with Crippen LogP contribution in [0, 0.1) is 0 Å². The predicted molar refractivity (Wildman–Crippen MR) is 50.5 cm³/mol. The summed E-state index contributed by atoms with van der Waals surface area (Å²) < 4.78 is 4.87. The molecule has 0 radical (unpaired) electrons. The van der Waals surface area contributed by atoms with Gasteiger partial charge < -0.3 is 4.74 Å². The van der Waals surface area contributed by atoms with Crippen LogP contribution in [0.5, 0.6) is 0 Å². The average molecular weight is 217 g/mol. The first-order chi connectivity index (χ1) is 6.18. The summed E-state index contributed by atoms with van der Waals surface area (Å²) >= 11 is 11.5. The number of carbonyl (C=O) groups is 1. The van der Waals surface area contributed by atoms with E-state index >= 15 is 0 Å². The van der Waals surface area contributed by atoms with Gasteiger partial charge in [-0.2, -0.15) is 0 Å². The molecule has 1 unspecified atom stereocenters. The molecule has 1 fully saturated rings. The van der Waals surface area contributed by atoms with Crippen molar-refractivity contribution in [2.24, 2.45) is 0 Å². The van der Waals surface area contributed by atoms with E-state index in [1.807, 2.05) is 0 Å². The van der Waals surface area contributed by atoms with Crippen LogP contribution in [0.1, 0.15) is 10.4 Å². The monoisotopic (exact) mass is 216 g/mol. The number of rotatable bonds is 2. The maximum absolute atomic E-state index is 11.4. The Morgan fingerprint density at radius 3 is 2.62 bits per heavy atom. The van der Waals surface area contributed by atoms with Gasteiger partial charge in [-0.15, -0.1) is 0 Å². The van der Waals surface area contributed by atoms with Crippen LogP contribution in [-0.2, 0) is 4.74 Å². The van der Waals surface area contributed by atoms with E-state index in [4.69, 9.17) is 27.9 Å². The van der Waals surface area contributed by atoms with Crippen LogP contribution >= 0.6 is 23.2 Å². The zero-order valence-electron chi connectivity index (χ0n) is 6.59. The molecule has 0 N–H and O–H groups in total. The molecule has 13 heavy (non-hydrogen) atoms. The van der Waals surface area contributed by atoms with Gasteiger partial charge in [0.1, 0.15) is 6.10 Å². The normalized spacial score (nSPS) is 20.0. The van der Waals surface area contributed by atoms with E-state index in [2.05, 4.69) is 0 Å². The topological polar surface area (TPSA) is 29.6 Å². The van der Waals surface area contributed by atoms with Gasteiger partial charge in [-0.3, -0.25) is 4.79 Å². The van der Waals surface area contributed by atoms with Crippen LogP contribution in [0.25, 0.3) is 0 Å². The van der Waals surface area contributed by atoms with Crippen molar-refractivity contribution in [3.63, 3.8) is 0 Å². The van der Waals surface area contributed by atoms with Crippen molar-refractivity contribution >= 4 is 29.0 Å².